The maximum Gasteiger partial charge on any atom is 0.191 e. The molecule has 0 radical (unpaired) electrons. The topological polar surface area (TPSA) is 39.7 Å². The Bertz CT molecular complexity index is 456. The smallest absolute Gasteiger partial charge is 0.191 e. The molecule has 1 aromatic carbocycles. The molecule has 1 fully saturated rings. The Kier molecular flexibility index (Phi) is 9.47. The summed E-state index contributed by atoms with van der Waals surface area (Å²) in [4.78, 5) is 6.83. The minimum Gasteiger partial charge on any atom is -0.356 e. The summed E-state index contributed by atoms with van der Waals surface area (Å²) in [5.41, 5.74) is 2.63. The number of halogens is 1. The molecule has 1 aliphatic rings. The minimum absolute atomic E-state index is 0. The van der Waals surface area contributed by atoms with E-state index in [4.69, 9.17) is 0 Å². The van der Waals surface area contributed by atoms with Crippen molar-refractivity contribution in [2.75, 3.05) is 33.2 Å². The third-order valence-electron chi connectivity index (χ3n) is 4.07. The van der Waals surface area contributed by atoms with Crippen molar-refractivity contribution in [2.24, 2.45) is 4.99 Å². The van der Waals surface area contributed by atoms with Crippen LogP contribution in [0, 0.1) is 6.92 Å². The fraction of sp³-hybridized carbons (Fsp3) is 0.588. The molecule has 0 aromatic heterocycles. The zero-order valence-electron chi connectivity index (χ0n) is 13.8. The molecule has 0 unspecified atom stereocenters. The van der Waals surface area contributed by atoms with Crippen LogP contribution in [0.15, 0.2) is 29.3 Å². The second-order valence-electron chi connectivity index (χ2n) is 5.68. The van der Waals surface area contributed by atoms with Gasteiger partial charge in [0.2, 0.25) is 0 Å². The second kappa shape index (κ2) is 10.8. The number of aryl methyl sites for hydroxylation is 1. The molecular formula is C17H29IN4. The Hall–Kier alpha value is -0.820. The Morgan fingerprint density at radius 1 is 1.18 bits per heavy atom. The molecule has 1 heterocycles. The lowest BCUT2D eigenvalue weighted by Gasteiger charge is -2.16. The predicted molar refractivity (Wildman–Crippen MR) is 105 cm³/mol. The normalized spacial score (nSPS) is 15.5. The van der Waals surface area contributed by atoms with Gasteiger partial charge >= 0.3 is 0 Å². The van der Waals surface area contributed by atoms with Crippen LogP contribution in [0.1, 0.15) is 30.4 Å². The van der Waals surface area contributed by atoms with Crippen LogP contribution in [-0.2, 0) is 6.54 Å². The third kappa shape index (κ3) is 6.52. The summed E-state index contributed by atoms with van der Waals surface area (Å²) in [6, 6.07) is 8.45. The van der Waals surface area contributed by atoms with Gasteiger partial charge in [0.25, 0.3) is 0 Å². The molecule has 0 spiro atoms. The van der Waals surface area contributed by atoms with Crippen LogP contribution in [0.5, 0.6) is 0 Å². The quantitative estimate of drug-likeness (QED) is 0.324. The lowest BCUT2D eigenvalue weighted by Crippen LogP contribution is -2.38. The van der Waals surface area contributed by atoms with Gasteiger partial charge in [0.15, 0.2) is 5.96 Å². The second-order valence-corrected chi connectivity index (χ2v) is 5.68. The number of nitrogens with zero attached hydrogens (tertiary/aromatic N) is 2. The van der Waals surface area contributed by atoms with Crippen LogP contribution in [0.4, 0.5) is 0 Å². The van der Waals surface area contributed by atoms with Crippen molar-refractivity contribution >= 4 is 29.9 Å². The number of benzene rings is 1. The van der Waals surface area contributed by atoms with E-state index in [2.05, 4.69) is 51.7 Å². The van der Waals surface area contributed by atoms with Crippen molar-refractivity contribution in [3.8, 4) is 0 Å². The molecule has 2 rings (SSSR count). The zero-order valence-corrected chi connectivity index (χ0v) is 16.1. The fourth-order valence-electron chi connectivity index (χ4n) is 2.72. The average molecular weight is 416 g/mol. The molecule has 2 N–H and O–H groups in total. The van der Waals surface area contributed by atoms with E-state index < -0.39 is 0 Å². The molecule has 1 aliphatic heterocycles. The highest BCUT2D eigenvalue weighted by atomic mass is 127. The zero-order chi connectivity index (χ0) is 14.9. The van der Waals surface area contributed by atoms with E-state index in [9.17, 15) is 0 Å². The first-order chi connectivity index (χ1) is 10.3. The highest BCUT2D eigenvalue weighted by Gasteiger charge is 2.10. The van der Waals surface area contributed by atoms with Gasteiger partial charge in [-0.25, -0.2) is 0 Å². The molecule has 0 aliphatic carbocycles. The maximum absolute atomic E-state index is 4.28. The van der Waals surface area contributed by atoms with Crippen LogP contribution >= 0.6 is 24.0 Å². The summed E-state index contributed by atoms with van der Waals surface area (Å²) in [6.45, 7) is 7.69. The van der Waals surface area contributed by atoms with E-state index in [0.29, 0.717) is 0 Å². The minimum atomic E-state index is 0. The SMILES string of the molecule is CN=C(NCCCN1CCCC1)NCc1ccccc1C.I. The summed E-state index contributed by atoms with van der Waals surface area (Å²) in [5, 5.41) is 6.78. The molecule has 124 valence electrons. The molecule has 4 nitrogen and oxygen atoms in total. The highest BCUT2D eigenvalue weighted by Crippen LogP contribution is 2.07. The number of hydrogen-bond acceptors (Lipinski definition) is 2. The molecule has 0 amide bonds. The van der Waals surface area contributed by atoms with E-state index in [0.717, 1.165) is 19.0 Å². The van der Waals surface area contributed by atoms with E-state index in [1.165, 1.54) is 50.0 Å². The van der Waals surface area contributed by atoms with Crippen LogP contribution in [0.2, 0.25) is 0 Å². The monoisotopic (exact) mass is 416 g/mol. The summed E-state index contributed by atoms with van der Waals surface area (Å²) >= 11 is 0. The summed E-state index contributed by atoms with van der Waals surface area (Å²) in [7, 11) is 1.83. The fourth-order valence-corrected chi connectivity index (χ4v) is 2.72. The Labute approximate surface area is 151 Å². The number of guanidine groups is 1. The van der Waals surface area contributed by atoms with Crippen molar-refractivity contribution < 1.29 is 0 Å². The van der Waals surface area contributed by atoms with E-state index >= 15 is 0 Å². The van der Waals surface area contributed by atoms with Gasteiger partial charge in [0, 0.05) is 20.1 Å². The lowest BCUT2D eigenvalue weighted by molar-refractivity contribution is 0.334. The van der Waals surface area contributed by atoms with Crippen LogP contribution in [-0.4, -0.2) is 44.1 Å². The van der Waals surface area contributed by atoms with Crippen molar-refractivity contribution in [1.82, 2.24) is 15.5 Å². The Morgan fingerprint density at radius 2 is 1.91 bits per heavy atom. The van der Waals surface area contributed by atoms with Gasteiger partial charge in [-0.3, -0.25) is 4.99 Å². The molecule has 0 bridgehead atoms. The first kappa shape index (κ1) is 19.2. The standard InChI is InChI=1S/C17H28N4.HI/c1-15-8-3-4-9-16(15)14-20-17(18-2)19-10-7-13-21-11-5-6-12-21;/h3-4,8-9H,5-7,10-14H2,1-2H3,(H2,18,19,20);1H. The maximum atomic E-state index is 4.28. The van der Waals surface area contributed by atoms with Crippen molar-refractivity contribution in [1.29, 1.82) is 0 Å². The van der Waals surface area contributed by atoms with Gasteiger partial charge in [0.1, 0.15) is 0 Å². The first-order valence-electron chi connectivity index (χ1n) is 8.01. The number of nitrogens with one attached hydrogen (secondary N) is 2. The van der Waals surface area contributed by atoms with Crippen molar-refractivity contribution in [2.45, 2.75) is 32.7 Å². The number of likely N-dealkylation sites (tertiary alicyclic amines) is 1. The molecule has 0 atom stereocenters. The van der Waals surface area contributed by atoms with E-state index in [1.807, 2.05) is 7.05 Å². The van der Waals surface area contributed by atoms with Gasteiger partial charge in [-0.15, -0.1) is 24.0 Å². The average Bonchev–Trinajstić information content (AvgIpc) is 3.01. The van der Waals surface area contributed by atoms with Crippen LogP contribution < -0.4 is 10.6 Å². The molecule has 22 heavy (non-hydrogen) atoms. The van der Waals surface area contributed by atoms with Gasteiger partial charge in [-0.05, 0) is 56.9 Å². The van der Waals surface area contributed by atoms with Gasteiger partial charge < -0.3 is 15.5 Å². The van der Waals surface area contributed by atoms with Crippen LogP contribution in [0.3, 0.4) is 0 Å². The van der Waals surface area contributed by atoms with Gasteiger partial charge in [-0.1, -0.05) is 24.3 Å². The van der Waals surface area contributed by atoms with Crippen molar-refractivity contribution in [3.63, 3.8) is 0 Å². The number of aliphatic imine (C=N–C) groups is 1. The lowest BCUT2D eigenvalue weighted by atomic mass is 10.1. The Morgan fingerprint density at radius 3 is 2.59 bits per heavy atom. The molecule has 5 heteroatoms. The number of rotatable bonds is 6. The van der Waals surface area contributed by atoms with Gasteiger partial charge in [0.05, 0.1) is 0 Å². The summed E-state index contributed by atoms with van der Waals surface area (Å²) in [6.07, 6.45) is 3.91. The Balaban J connectivity index is 0.00000242. The van der Waals surface area contributed by atoms with Crippen LogP contribution in [0.25, 0.3) is 0 Å². The third-order valence-corrected chi connectivity index (χ3v) is 4.07. The highest BCUT2D eigenvalue weighted by molar-refractivity contribution is 14.0. The van der Waals surface area contributed by atoms with Gasteiger partial charge in [-0.2, -0.15) is 0 Å². The molecule has 0 saturated carbocycles. The summed E-state index contributed by atoms with van der Waals surface area (Å²) in [5.74, 6) is 0.889. The molecule has 1 aromatic rings. The summed E-state index contributed by atoms with van der Waals surface area (Å²) < 4.78 is 0. The van der Waals surface area contributed by atoms with Crippen molar-refractivity contribution in [3.05, 3.63) is 35.4 Å². The first-order valence-corrected chi connectivity index (χ1v) is 8.01. The molecule has 1 saturated heterocycles. The molecular weight excluding hydrogens is 387 g/mol. The van der Waals surface area contributed by atoms with E-state index in [1.54, 1.807) is 0 Å². The number of hydrogen-bond donors (Lipinski definition) is 2. The largest absolute Gasteiger partial charge is 0.356 e. The predicted octanol–water partition coefficient (Wildman–Crippen LogP) is 2.76. The van der Waals surface area contributed by atoms with E-state index in [-0.39, 0.29) is 24.0 Å².